The van der Waals surface area contributed by atoms with E-state index < -0.39 is 28.3 Å². The van der Waals surface area contributed by atoms with Crippen molar-refractivity contribution in [1.82, 2.24) is 5.32 Å². The Morgan fingerprint density at radius 2 is 1.58 bits per heavy atom. The van der Waals surface area contributed by atoms with Crippen molar-refractivity contribution in [2.75, 3.05) is 10.8 Å². The number of hydrogen-bond acceptors (Lipinski definition) is 3. The fraction of sp³-hybridized carbons (Fsp3) is 0.208. The molecular weight excluding hydrogens is 415 g/mol. The highest BCUT2D eigenvalue weighted by Crippen LogP contribution is 2.24. The van der Waals surface area contributed by atoms with Gasteiger partial charge in [0.05, 0.1) is 16.6 Å². The molecule has 0 bridgehead atoms. The predicted molar refractivity (Wildman–Crippen MR) is 120 cm³/mol. The first-order valence-electron chi connectivity index (χ1n) is 10.0. The van der Waals surface area contributed by atoms with E-state index in [-0.39, 0.29) is 16.6 Å². The van der Waals surface area contributed by atoms with Crippen LogP contribution in [0.2, 0.25) is 0 Å². The van der Waals surface area contributed by atoms with E-state index in [0.29, 0.717) is 6.42 Å². The Morgan fingerprint density at radius 1 is 0.968 bits per heavy atom. The second-order valence-corrected chi connectivity index (χ2v) is 9.10. The molecule has 0 saturated heterocycles. The summed E-state index contributed by atoms with van der Waals surface area (Å²) in [6.07, 6.45) is 0.650. The lowest BCUT2D eigenvalue weighted by molar-refractivity contribution is -0.120. The number of carbonyl (C=O) groups excluding carboxylic acids is 1. The van der Waals surface area contributed by atoms with Crippen LogP contribution < -0.4 is 9.62 Å². The summed E-state index contributed by atoms with van der Waals surface area (Å²) in [6, 6.07) is 20.5. The molecule has 3 aromatic rings. The SMILES string of the molecule is CCC(NC(=O)CN(c1ccc(F)cc1)S(=O)(=O)c1ccccc1)c1ccc(C)cc1. The van der Waals surface area contributed by atoms with Crippen molar-refractivity contribution in [3.8, 4) is 0 Å². The van der Waals surface area contributed by atoms with Gasteiger partial charge in [0.25, 0.3) is 10.0 Å². The van der Waals surface area contributed by atoms with Gasteiger partial charge in [-0.15, -0.1) is 0 Å². The van der Waals surface area contributed by atoms with Gasteiger partial charge in [0.15, 0.2) is 0 Å². The quantitative estimate of drug-likeness (QED) is 0.557. The number of aryl methyl sites for hydroxylation is 1. The fourth-order valence-electron chi connectivity index (χ4n) is 3.23. The van der Waals surface area contributed by atoms with Crippen molar-refractivity contribution < 1.29 is 17.6 Å². The Labute approximate surface area is 182 Å². The highest BCUT2D eigenvalue weighted by Gasteiger charge is 2.28. The van der Waals surface area contributed by atoms with Crippen molar-refractivity contribution >= 4 is 21.6 Å². The summed E-state index contributed by atoms with van der Waals surface area (Å²) in [6.45, 7) is 3.51. The molecule has 0 saturated carbocycles. The van der Waals surface area contributed by atoms with Crippen molar-refractivity contribution in [2.24, 2.45) is 0 Å². The third kappa shape index (κ3) is 5.49. The van der Waals surface area contributed by atoms with E-state index in [0.717, 1.165) is 15.4 Å². The monoisotopic (exact) mass is 440 g/mol. The number of nitrogens with zero attached hydrogens (tertiary/aromatic N) is 1. The number of sulfonamides is 1. The molecular formula is C24H25FN2O3S. The Bertz CT molecular complexity index is 1120. The third-order valence-electron chi connectivity index (χ3n) is 4.96. The van der Waals surface area contributed by atoms with E-state index in [9.17, 15) is 17.6 Å². The lowest BCUT2D eigenvalue weighted by atomic mass is 10.0. The molecule has 0 heterocycles. The first-order chi connectivity index (χ1) is 14.8. The van der Waals surface area contributed by atoms with Crippen LogP contribution in [0.1, 0.15) is 30.5 Å². The van der Waals surface area contributed by atoms with Gasteiger partial charge in [0, 0.05) is 0 Å². The fourth-order valence-corrected chi connectivity index (χ4v) is 4.67. The summed E-state index contributed by atoms with van der Waals surface area (Å²) < 4.78 is 41.0. The average molecular weight is 441 g/mol. The predicted octanol–water partition coefficient (Wildman–Crippen LogP) is 4.60. The van der Waals surface area contributed by atoms with Gasteiger partial charge < -0.3 is 5.32 Å². The number of rotatable bonds is 8. The highest BCUT2D eigenvalue weighted by molar-refractivity contribution is 7.92. The largest absolute Gasteiger partial charge is 0.348 e. The zero-order valence-electron chi connectivity index (χ0n) is 17.5. The lowest BCUT2D eigenvalue weighted by Gasteiger charge is -2.25. The minimum absolute atomic E-state index is 0.0534. The number of amides is 1. The van der Waals surface area contributed by atoms with E-state index in [4.69, 9.17) is 0 Å². The van der Waals surface area contributed by atoms with E-state index in [2.05, 4.69) is 5.32 Å². The lowest BCUT2D eigenvalue weighted by Crippen LogP contribution is -2.42. The highest BCUT2D eigenvalue weighted by atomic mass is 32.2. The summed E-state index contributed by atoms with van der Waals surface area (Å²) in [5, 5.41) is 2.92. The number of benzene rings is 3. The molecule has 7 heteroatoms. The van der Waals surface area contributed by atoms with Gasteiger partial charge in [0.1, 0.15) is 12.4 Å². The normalized spacial score (nSPS) is 12.2. The second kappa shape index (κ2) is 9.75. The summed E-state index contributed by atoms with van der Waals surface area (Å²) in [5.74, 6) is -0.938. The zero-order chi connectivity index (χ0) is 22.4. The molecule has 31 heavy (non-hydrogen) atoms. The van der Waals surface area contributed by atoms with Gasteiger partial charge in [-0.1, -0.05) is 55.0 Å². The van der Waals surface area contributed by atoms with Crippen molar-refractivity contribution in [2.45, 2.75) is 31.2 Å². The first-order valence-corrected chi connectivity index (χ1v) is 11.4. The number of hydrogen-bond donors (Lipinski definition) is 1. The molecule has 1 atom stereocenters. The maximum atomic E-state index is 13.4. The van der Waals surface area contributed by atoms with Crippen LogP contribution in [-0.2, 0) is 14.8 Å². The maximum absolute atomic E-state index is 13.4. The van der Waals surface area contributed by atoms with Gasteiger partial charge >= 0.3 is 0 Å². The summed E-state index contributed by atoms with van der Waals surface area (Å²) >= 11 is 0. The molecule has 1 N–H and O–H groups in total. The van der Waals surface area contributed by atoms with Crippen LogP contribution in [0, 0.1) is 12.7 Å². The van der Waals surface area contributed by atoms with Crippen LogP contribution in [0.5, 0.6) is 0 Å². The molecule has 0 aliphatic carbocycles. The summed E-state index contributed by atoms with van der Waals surface area (Å²) in [4.78, 5) is 12.9. The van der Waals surface area contributed by atoms with Gasteiger partial charge in [-0.05, 0) is 55.3 Å². The Hall–Kier alpha value is -3.19. The van der Waals surface area contributed by atoms with Crippen LogP contribution in [0.3, 0.4) is 0 Å². The van der Waals surface area contributed by atoms with Gasteiger partial charge in [0.2, 0.25) is 5.91 Å². The number of carbonyl (C=O) groups is 1. The first kappa shape index (κ1) is 22.5. The van der Waals surface area contributed by atoms with E-state index in [1.807, 2.05) is 38.1 Å². The molecule has 0 spiro atoms. The van der Waals surface area contributed by atoms with E-state index in [1.165, 1.54) is 36.4 Å². The average Bonchev–Trinajstić information content (AvgIpc) is 2.78. The Morgan fingerprint density at radius 3 is 2.16 bits per heavy atom. The molecule has 1 unspecified atom stereocenters. The second-order valence-electron chi connectivity index (χ2n) is 7.24. The molecule has 1 amide bonds. The van der Waals surface area contributed by atoms with Crippen LogP contribution >= 0.6 is 0 Å². The molecule has 0 radical (unpaired) electrons. The molecule has 3 rings (SSSR count). The van der Waals surface area contributed by atoms with Crippen molar-refractivity contribution in [3.05, 3.63) is 95.8 Å². The van der Waals surface area contributed by atoms with Gasteiger partial charge in [-0.2, -0.15) is 0 Å². The van der Waals surface area contributed by atoms with Crippen LogP contribution in [0.25, 0.3) is 0 Å². The number of nitrogens with one attached hydrogen (secondary N) is 1. The molecule has 0 aromatic heterocycles. The topological polar surface area (TPSA) is 66.5 Å². The van der Waals surface area contributed by atoms with Crippen LogP contribution in [0.4, 0.5) is 10.1 Å². The minimum Gasteiger partial charge on any atom is -0.348 e. The molecule has 0 aliphatic heterocycles. The van der Waals surface area contributed by atoms with Crippen LogP contribution in [-0.4, -0.2) is 20.9 Å². The molecule has 0 fully saturated rings. The maximum Gasteiger partial charge on any atom is 0.264 e. The molecule has 3 aromatic carbocycles. The van der Waals surface area contributed by atoms with E-state index in [1.54, 1.807) is 18.2 Å². The van der Waals surface area contributed by atoms with Gasteiger partial charge in [-0.3, -0.25) is 9.10 Å². The minimum atomic E-state index is -4.02. The number of anilines is 1. The molecule has 0 aliphatic rings. The smallest absolute Gasteiger partial charge is 0.264 e. The third-order valence-corrected chi connectivity index (χ3v) is 6.74. The van der Waals surface area contributed by atoms with Gasteiger partial charge in [-0.25, -0.2) is 12.8 Å². The summed E-state index contributed by atoms with van der Waals surface area (Å²) in [7, 11) is -4.02. The number of halogens is 1. The Kier molecular flexibility index (Phi) is 7.07. The van der Waals surface area contributed by atoms with Crippen molar-refractivity contribution in [1.29, 1.82) is 0 Å². The zero-order valence-corrected chi connectivity index (χ0v) is 18.3. The van der Waals surface area contributed by atoms with Crippen molar-refractivity contribution in [3.63, 3.8) is 0 Å². The van der Waals surface area contributed by atoms with Crippen LogP contribution in [0.15, 0.2) is 83.8 Å². The standard InChI is InChI=1S/C24H25FN2O3S/c1-3-23(19-11-9-18(2)10-12-19)26-24(28)17-27(21-15-13-20(25)14-16-21)31(29,30)22-7-5-4-6-8-22/h4-16,23H,3,17H2,1-2H3,(H,26,28). The molecule has 162 valence electrons. The summed E-state index contributed by atoms with van der Waals surface area (Å²) in [5.41, 5.74) is 2.27. The Balaban J connectivity index is 1.88. The van der Waals surface area contributed by atoms with E-state index >= 15 is 0 Å². The molecule has 5 nitrogen and oxygen atoms in total.